The standard InChI is InChI=1S/C17H20N2O/c1-13-6-4-5-7-16(13)17(20)18-12-14-8-10-15(11-9-14)19(2)3/h4-11H,12H2,1-3H3,(H,18,20). The molecule has 20 heavy (non-hydrogen) atoms. The maximum Gasteiger partial charge on any atom is 0.251 e. The Bertz CT molecular complexity index is 588. The highest BCUT2D eigenvalue weighted by Gasteiger charge is 2.07. The van der Waals surface area contributed by atoms with Gasteiger partial charge in [-0.3, -0.25) is 4.79 Å². The molecule has 2 rings (SSSR count). The number of amides is 1. The lowest BCUT2D eigenvalue weighted by atomic mass is 10.1. The molecule has 2 aromatic carbocycles. The number of anilines is 1. The summed E-state index contributed by atoms with van der Waals surface area (Å²) in [6, 6.07) is 15.8. The van der Waals surface area contributed by atoms with E-state index in [1.54, 1.807) is 0 Å². The SMILES string of the molecule is Cc1ccccc1C(=O)NCc1ccc(N(C)C)cc1. The van der Waals surface area contributed by atoms with Gasteiger partial charge in [0, 0.05) is 31.9 Å². The van der Waals surface area contributed by atoms with E-state index in [1.807, 2.05) is 57.4 Å². The largest absolute Gasteiger partial charge is 0.378 e. The van der Waals surface area contributed by atoms with E-state index in [1.165, 1.54) is 0 Å². The Morgan fingerprint density at radius 2 is 1.70 bits per heavy atom. The number of nitrogens with zero attached hydrogens (tertiary/aromatic N) is 1. The van der Waals surface area contributed by atoms with E-state index in [9.17, 15) is 4.79 Å². The Morgan fingerprint density at radius 3 is 2.30 bits per heavy atom. The first kappa shape index (κ1) is 14.1. The van der Waals surface area contributed by atoms with Crippen molar-refractivity contribution in [2.24, 2.45) is 0 Å². The first-order valence-electron chi connectivity index (χ1n) is 6.68. The zero-order chi connectivity index (χ0) is 14.5. The molecular formula is C17H20N2O. The van der Waals surface area contributed by atoms with Crippen molar-refractivity contribution in [3.05, 3.63) is 65.2 Å². The normalized spacial score (nSPS) is 10.2. The third-order valence-corrected chi connectivity index (χ3v) is 3.30. The second-order valence-corrected chi connectivity index (χ2v) is 5.06. The minimum absolute atomic E-state index is 0.0280. The summed E-state index contributed by atoms with van der Waals surface area (Å²) >= 11 is 0. The molecule has 0 saturated carbocycles. The maximum atomic E-state index is 12.1. The van der Waals surface area contributed by atoms with Gasteiger partial charge in [-0.1, -0.05) is 30.3 Å². The smallest absolute Gasteiger partial charge is 0.251 e. The van der Waals surface area contributed by atoms with Gasteiger partial charge in [-0.05, 0) is 36.2 Å². The summed E-state index contributed by atoms with van der Waals surface area (Å²) in [5.41, 5.74) is 3.97. The summed E-state index contributed by atoms with van der Waals surface area (Å²) < 4.78 is 0. The monoisotopic (exact) mass is 268 g/mol. The van der Waals surface area contributed by atoms with Gasteiger partial charge in [0.1, 0.15) is 0 Å². The van der Waals surface area contributed by atoms with Crippen molar-refractivity contribution in [2.45, 2.75) is 13.5 Å². The molecule has 0 aliphatic heterocycles. The molecule has 2 aromatic rings. The molecule has 0 bridgehead atoms. The average Bonchev–Trinajstić information content (AvgIpc) is 2.45. The van der Waals surface area contributed by atoms with Crippen LogP contribution in [0.1, 0.15) is 21.5 Å². The molecule has 0 radical (unpaired) electrons. The second kappa shape index (κ2) is 6.24. The van der Waals surface area contributed by atoms with Crippen LogP contribution < -0.4 is 10.2 Å². The van der Waals surface area contributed by atoms with Crippen molar-refractivity contribution in [2.75, 3.05) is 19.0 Å². The van der Waals surface area contributed by atoms with E-state index in [-0.39, 0.29) is 5.91 Å². The molecule has 3 heteroatoms. The Labute approximate surface area is 120 Å². The van der Waals surface area contributed by atoms with E-state index in [0.717, 1.165) is 22.4 Å². The van der Waals surface area contributed by atoms with Gasteiger partial charge in [-0.2, -0.15) is 0 Å². The fourth-order valence-electron chi connectivity index (χ4n) is 2.02. The number of rotatable bonds is 4. The number of nitrogens with one attached hydrogen (secondary N) is 1. The van der Waals surface area contributed by atoms with Crippen molar-refractivity contribution >= 4 is 11.6 Å². The highest BCUT2D eigenvalue weighted by molar-refractivity contribution is 5.95. The van der Waals surface area contributed by atoms with Crippen LogP contribution >= 0.6 is 0 Å². The van der Waals surface area contributed by atoms with E-state index >= 15 is 0 Å². The van der Waals surface area contributed by atoms with Crippen LogP contribution in [0.15, 0.2) is 48.5 Å². The molecule has 0 unspecified atom stereocenters. The highest BCUT2D eigenvalue weighted by atomic mass is 16.1. The zero-order valence-electron chi connectivity index (χ0n) is 12.2. The number of benzene rings is 2. The molecule has 0 atom stereocenters. The molecule has 1 N–H and O–H groups in total. The van der Waals surface area contributed by atoms with Crippen LogP contribution in [0.5, 0.6) is 0 Å². The highest BCUT2D eigenvalue weighted by Crippen LogP contribution is 2.12. The van der Waals surface area contributed by atoms with Gasteiger partial charge in [0.2, 0.25) is 0 Å². The fraction of sp³-hybridized carbons (Fsp3) is 0.235. The minimum Gasteiger partial charge on any atom is -0.378 e. The Kier molecular flexibility index (Phi) is 4.41. The van der Waals surface area contributed by atoms with Crippen LogP contribution in [-0.4, -0.2) is 20.0 Å². The lowest BCUT2D eigenvalue weighted by Gasteiger charge is -2.13. The molecule has 0 spiro atoms. The molecular weight excluding hydrogens is 248 g/mol. The van der Waals surface area contributed by atoms with E-state index in [4.69, 9.17) is 0 Å². The number of hydrogen-bond donors (Lipinski definition) is 1. The van der Waals surface area contributed by atoms with Crippen LogP contribution in [0.3, 0.4) is 0 Å². The lowest BCUT2D eigenvalue weighted by Crippen LogP contribution is -2.23. The first-order chi connectivity index (χ1) is 9.58. The predicted octanol–water partition coefficient (Wildman–Crippen LogP) is 2.99. The van der Waals surface area contributed by atoms with Gasteiger partial charge in [0.15, 0.2) is 0 Å². The number of hydrogen-bond acceptors (Lipinski definition) is 2. The average molecular weight is 268 g/mol. The van der Waals surface area contributed by atoms with Crippen LogP contribution in [-0.2, 0) is 6.54 Å². The number of aryl methyl sites for hydroxylation is 1. The Hall–Kier alpha value is -2.29. The maximum absolute atomic E-state index is 12.1. The van der Waals surface area contributed by atoms with Crippen molar-refractivity contribution in [1.82, 2.24) is 5.32 Å². The lowest BCUT2D eigenvalue weighted by molar-refractivity contribution is 0.0950. The van der Waals surface area contributed by atoms with Crippen molar-refractivity contribution in [3.63, 3.8) is 0 Å². The van der Waals surface area contributed by atoms with Crippen LogP contribution in [0, 0.1) is 6.92 Å². The Morgan fingerprint density at radius 1 is 1.05 bits per heavy atom. The summed E-state index contributed by atoms with van der Waals surface area (Å²) in [7, 11) is 4.02. The van der Waals surface area contributed by atoms with Gasteiger partial charge in [0.05, 0.1) is 0 Å². The molecule has 0 aliphatic rings. The van der Waals surface area contributed by atoms with Crippen molar-refractivity contribution in [1.29, 1.82) is 0 Å². The Balaban J connectivity index is 1.98. The summed E-state index contributed by atoms with van der Waals surface area (Å²) in [5.74, 6) is -0.0280. The minimum atomic E-state index is -0.0280. The molecule has 104 valence electrons. The quantitative estimate of drug-likeness (QED) is 0.924. The molecule has 0 heterocycles. The number of carbonyl (C=O) groups excluding carboxylic acids is 1. The van der Waals surface area contributed by atoms with E-state index in [0.29, 0.717) is 6.54 Å². The fourth-order valence-corrected chi connectivity index (χ4v) is 2.02. The molecule has 0 aliphatic carbocycles. The summed E-state index contributed by atoms with van der Waals surface area (Å²) in [6.45, 7) is 2.49. The number of carbonyl (C=O) groups is 1. The van der Waals surface area contributed by atoms with Gasteiger partial charge < -0.3 is 10.2 Å². The zero-order valence-corrected chi connectivity index (χ0v) is 12.2. The predicted molar refractivity (Wildman–Crippen MR) is 83.1 cm³/mol. The second-order valence-electron chi connectivity index (χ2n) is 5.06. The van der Waals surface area contributed by atoms with Crippen molar-refractivity contribution in [3.8, 4) is 0 Å². The van der Waals surface area contributed by atoms with Gasteiger partial charge in [-0.25, -0.2) is 0 Å². The first-order valence-corrected chi connectivity index (χ1v) is 6.68. The molecule has 1 amide bonds. The third-order valence-electron chi connectivity index (χ3n) is 3.30. The van der Waals surface area contributed by atoms with Gasteiger partial charge in [0.25, 0.3) is 5.91 Å². The van der Waals surface area contributed by atoms with Crippen LogP contribution in [0.4, 0.5) is 5.69 Å². The molecule has 0 aromatic heterocycles. The van der Waals surface area contributed by atoms with Gasteiger partial charge in [-0.15, -0.1) is 0 Å². The van der Waals surface area contributed by atoms with E-state index < -0.39 is 0 Å². The van der Waals surface area contributed by atoms with E-state index in [2.05, 4.69) is 22.3 Å². The van der Waals surface area contributed by atoms with Gasteiger partial charge >= 0.3 is 0 Å². The van der Waals surface area contributed by atoms with Crippen LogP contribution in [0.25, 0.3) is 0 Å². The molecule has 0 saturated heterocycles. The molecule has 0 fully saturated rings. The summed E-state index contributed by atoms with van der Waals surface area (Å²) in [5, 5.41) is 2.95. The topological polar surface area (TPSA) is 32.3 Å². The van der Waals surface area contributed by atoms with Crippen molar-refractivity contribution < 1.29 is 4.79 Å². The third kappa shape index (κ3) is 3.38. The summed E-state index contributed by atoms with van der Waals surface area (Å²) in [6.07, 6.45) is 0. The molecule has 3 nitrogen and oxygen atoms in total. The van der Waals surface area contributed by atoms with Crippen LogP contribution in [0.2, 0.25) is 0 Å². The summed E-state index contributed by atoms with van der Waals surface area (Å²) in [4.78, 5) is 14.1.